The van der Waals surface area contributed by atoms with Crippen molar-refractivity contribution in [2.24, 2.45) is 5.73 Å². The summed E-state index contributed by atoms with van der Waals surface area (Å²) >= 11 is 1.55. The highest BCUT2D eigenvalue weighted by molar-refractivity contribution is 7.15. The van der Waals surface area contributed by atoms with E-state index in [4.69, 9.17) is 10.5 Å². The van der Waals surface area contributed by atoms with Crippen molar-refractivity contribution in [2.75, 3.05) is 0 Å². The number of thiazole rings is 1. The lowest BCUT2D eigenvalue weighted by atomic mass is 10.1. The van der Waals surface area contributed by atoms with Crippen LogP contribution in [0.25, 0.3) is 4.96 Å². The molecule has 2 aromatic heterocycles. The van der Waals surface area contributed by atoms with Gasteiger partial charge in [0.15, 0.2) is 16.5 Å². The van der Waals surface area contributed by atoms with Crippen LogP contribution in [0.1, 0.15) is 18.2 Å². The Hall–Kier alpha value is -1.92. The maximum absolute atomic E-state index is 14.0. The zero-order valence-electron chi connectivity index (χ0n) is 11.6. The van der Waals surface area contributed by atoms with Crippen molar-refractivity contribution < 1.29 is 9.13 Å². The predicted octanol–water partition coefficient (Wildman–Crippen LogP) is 3.00. The second-order valence-corrected chi connectivity index (χ2v) is 5.93. The Balaban J connectivity index is 1.68. The van der Waals surface area contributed by atoms with E-state index in [1.165, 1.54) is 6.07 Å². The minimum atomic E-state index is -0.367. The fraction of sp³-hybridized carbons (Fsp3) is 0.267. The molecule has 2 N–H and O–H groups in total. The normalized spacial score (nSPS) is 12.7. The molecule has 0 fully saturated rings. The molecule has 2 heterocycles. The molecule has 3 rings (SSSR count). The van der Waals surface area contributed by atoms with Gasteiger partial charge >= 0.3 is 0 Å². The second kappa shape index (κ2) is 5.83. The minimum absolute atomic E-state index is 0.00894. The van der Waals surface area contributed by atoms with Gasteiger partial charge in [0.25, 0.3) is 0 Å². The first kappa shape index (κ1) is 14.0. The van der Waals surface area contributed by atoms with Crippen molar-refractivity contribution >= 4 is 16.3 Å². The van der Waals surface area contributed by atoms with Crippen LogP contribution in [0.4, 0.5) is 4.39 Å². The van der Waals surface area contributed by atoms with Crippen LogP contribution in [-0.4, -0.2) is 15.4 Å². The van der Waals surface area contributed by atoms with Crippen LogP contribution in [0.3, 0.4) is 0 Å². The summed E-state index contributed by atoms with van der Waals surface area (Å²) < 4.78 is 21.4. The van der Waals surface area contributed by atoms with Gasteiger partial charge in [0, 0.05) is 23.8 Å². The van der Waals surface area contributed by atoms with E-state index in [2.05, 4.69) is 4.98 Å². The number of imidazole rings is 1. The lowest BCUT2D eigenvalue weighted by Gasteiger charge is -2.09. The van der Waals surface area contributed by atoms with Crippen molar-refractivity contribution in [2.45, 2.75) is 26.0 Å². The molecule has 0 radical (unpaired) electrons. The standard InChI is InChI=1S/C15H16FN3OS/c1-10(17)6-11-2-3-14(13(16)7-11)20-9-12-8-19-4-5-21-15(19)18-12/h2-5,7-8,10H,6,9,17H2,1H3. The number of nitrogens with zero attached hydrogens (tertiary/aromatic N) is 2. The van der Waals surface area contributed by atoms with Gasteiger partial charge < -0.3 is 10.5 Å². The molecule has 3 aromatic rings. The monoisotopic (exact) mass is 305 g/mol. The minimum Gasteiger partial charge on any atom is -0.484 e. The van der Waals surface area contributed by atoms with Crippen molar-refractivity contribution in [1.82, 2.24) is 9.38 Å². The topological polar surface area (TPSA) is 52.5 Å². The van der Waals surface area contributed by atoms with Gasteiger partial charge in [-0.2, -0.15) is 0 Å². The molecule has 0 amide bonds. The molecule has 4 nitrogen and oxygen atoms in total. The molecule has 1 atom stereocenters. The summed E-state index contributed by atoms with van der Waals surface area (Å²) in [6, 6.07) is 4.97. The van der Waals surface area contributed by atoms with E-state index in [0.717, 1.165) is 16.2 Å². The summed E-state index contributed by atoms with van der Waals surface area (Å²) in [4.78, 5) is 5.30. The highest BCUT2D eigenvalue weighted by Gasteiger charge is 2.08. The van der Waals surface area contributed by atoms with Gasteiger partial charge in [0.1, 0.15) is 6.61 Å². The van der Waals surface area contributed by atoms with E-state index in [0.29, 0.717) is 6.42 Å². The second-order valence-electron chi connectivity index (χ2n) is 5.06. The van der Waals surface area contributed by atoms with Gasteiger partial charge in [-0.05, 0) is 31.0 Å². The largest absolute Gasteiger partial charge is 0.484 e. The van der Waals surface area contributed by atoms with Crippen molar-refractivity contribution in [1.29, 1.82) is 0 Å². The third-order valence-electron chi connectivity index (χ3n) is 3.07. The fourth-order valence-corrected chi connectivity index (χ4v) is 2.88. The van der Waals surface area contributed by atoms with Crippen LogP contribution in [-0.2, 0) is 13.0 Å². The molecule has 0 aliphatic heterocycles. The molecule has 0 aliphatic rings. The molecule has 0 saturated carbocycles. The molecular weight excluding hydrogens is 289 g/mol. The van der Waals surface area contributed by atoms with E-state index in [1.807, 2.05) is 35.2 Å². The third-order valence-corrected chi connectivity index (χ3v) is 3.84. The quantitative estimate of drug-likeness (QED) is 0.788. The Bertz CT molecular complexity index is 722. The van der Waals surface area contributed by atoms with Gasteiger partial charge in [-0.25, -0.2) is 9.37 Å². The third kappa shape index (κ3) is 3.22. The molecule has 6 heteroatoms. The summed E-state index contributed by atoms with van der Waals surface area (Å²) in [5, 5.41) is 1.96. The number of fused-ring (bicyclic) bond motifs is 1. The van der Waals surface area contributed by atoms with Gasteiger partial charge in [-0.3, -0.25) is 4.40 Å². The van der Waals surface area contributed by atoms with E-state index in [-0.39, 0.29) is 24.2 Å². The van der Waals surface area contributed by atoms with Crippen molar-refractivity contribution in [3.63, 3.8) is 0 Å². The van der Waals surface area contributed by atoms with Crippen LogP contribution in [0.5, 0.6) is 5.75 Å². The number of halogens is 1. The maximum Gasteiger partial charge on any atom is 0.193 e. The fourth-order valence-electron chi connectivity index (χ4n) is 2.16. The number of hydrogen-bond acceptors (Lipinski definition) is 4. The Morgan fingerprint density at radius 3 is 3.05 bits per heavy atom. The first-order valence-corrected chi connectivity index (χ1v) is 7.57. The first-order chi connectivity index (χ1) is 10.1. The number of benzene rings is 1. The van der Waals surface area contributed by atoms with Gasteiger partial charge in [0.05, 0.1) is 5.69 Å². The zero-order valence-corrected chi connectivity index (χ0v) is 12.4. The summed E-state index contributed by atoms with van der Waals surface area (Å²) in [6.45, 7) is 2.14. The zero-order chi connectivity index (χ0) is 14.8. The van der Waals surface area contributed by atoms with Crippen LogP contribution in [0.2, 0.25) is 0 Å². The molecule has 1 aromatic carbocycles. The molecule has 21 heavy (non-hydrogen) atoms. The van der Waals surface area contributed by atoms with Crippen LogP contribution >= 0.6 is 11.3 Å². The first-order valence-electron chi connectivity index (χ1n) is 6.69. The number of aromatic nitrogens is 2. The summed E-state index contributed by atoms with van der Waals surface area (Å²) in [5.41, 5.74) is 7.36. The molecule has 0 saturated heterocycles. The highest BCUT2D eigenvalue weighted by atomic mass is 32.1. The Morgan fingerprint density at radius 1 is 1.48 bits per heavy atom. The van der Waals surface area contributed by atoms with Crippen molar-refractivity contribution in [3.8, 4) is 5.75 Å². The Morgan fingerprint density at radius 2 is 2.33 bits per heavy atom. The average molecular weight is 305 g/mol. The highest BCUT2D eigenvalue weighted by Crippen LogP contribution is 2.20. The molecule has 0 spiro atoms. The van der Waals surface area contributed by atoms with Gasteiger partial charge in [0.2, 0.25) is 0 Å². The van der Waals surface area contributed by atoms with E-state index in [1.54, 1.807) is 17.4 Å². The summed E-state index contributed by atoms with van der Waals surface area (Å²) in [7, 11) is 0. The maximum atomic E-state index is 14.0. The summed E-state index contributed by atoms with van der Waals surface area (Å²) in [5.74, 6) is -0.131. The van der Waals surface area contributed by atoms with Gasteiger partial charge in [-0.15, -0.1) is 11.3 Å². The lowest BCUT2D eigenvalue weighted by Crippen LogP contribution is -2.17. The predicted molar refractivity (Wildman–Crippen MR) is 81.2 cm³/mol. The van der Waals surface area contributed by atoms with Crippen LogP contribution in [0.15, 0.2) is 36.0 Å². The lowest BCUT2D eigenvalue weighted by molar-refractivity contribution is 0.286. The van der Waals surface area contributed by atoms with E-state index >= 15 is 0 Å². The number of rotatable bonds is 5. The van der Waals surface area contributed by atoms with Crippen LogP contribution in [0, 0.1) is 5.82 Å². The van der Waals surface area contributed by atoms with Crippen molar-refractivity contribution in [3.05, 3.63) is 53.0 Å². The Labute approximate surface area is 126 Å². The number of ether oxygens (including phenoxy) is 1. The molecule has 0 aliphatic carbocycles. The van der Waals surface area contributed by atoms with E-state index in [9.17, 15) is 4.39 Å². The number of nitrogens with two attached hydrogens (primary N) is 1. The molecule has 0 bridgehead atoms. The smallest absolute Gasteiger partial charge is 0.193 e. The molecular formula is C15H16FN3OS. The van der Waals surface area contributed by atoms with Gasteiger partial charge in [-0.1, -0.05) is 6.07 Å². The molecule has 110 valence electrons. The SMILES string of the molecule is CC(N)Cc1ccc(OCc2cn3ccsc3n2)c(F)c1. The molecule has 1 unspecified atom stereocenters. The van der Waals surface area contributed by atoms with Crippen LogP contribution < -0.4 is 10.5 Å². The van der Waals surface area contributed by atoms with E-state index < -0.39 is 0 Å². The average Bonchev–Trinajstić information content (AvgIpc) is 2.97. The Kier molecular flexibility index (Phi) is 3.90. The summed E-state index contributed by atoms with van der Waals surface area (Å²) in [6.07, 6.45) is 4.46. The number of hydrogen-bond donors (Lipinski definition) is 1.